The van der Waals surface area contributed by atoms with Crippen molar-refractivity contribution < 1.29 is 15.3 Å². The Morgan fingerprint density at radius 2 is 1.06 bits per heavy atom. The van der Waals surface area contributed by atoms with Crippen molar-refractivity contribution in [3.8, 4) is 17.5 Å². The SMILES string of the molecule is CCNCC.Cn1c(O)c(C(c2ccc(O)cc2)c2c(O)n(C)c(=O)n(C)c2=O)c(=O)n(C)c1=O. The number of aromatic nitrogens is 4. The summed E-state index contributed by atoms with van der Waals surface area (Å²) in [5.74, 6) is -2.83. The molecule has 0 spiro atoms. The van der Waals surface area contributed by atoms with Gasteiger partial charge >= 0.3 is 11.4 Å². The lowest BCUT2D eigenvalue weighted by Crippen LogP contribution is -2.42. The molecule has 0 radical (unpaired) electrons. The smallest absolute Gasteiger partial charge is 0.333 e. The quantitative estimate of drug-likeness (QED) is 0.369. The minimum absolute atomic E-state index is 0.0901. The molecule has 12 heteroatoms. The topological polar surface area (TPSA) is 161 Å². The largest absolute Gasteiger partial charge is 0.508 e. The van der Waals surface area contributed by atoms with Gasteiger partial charge in [-0.15, -0.1) is 0 Å². The first-order chi connectivity index (χ1) is 16.4. The molecule has 2 aromatic heterocycles. The average Bonchev–Trinajstić information content (AvgIpc) is 2.84. The van der Waals surface area contributed by atoms with E-state index in [9.17, 15) is 34.5 Å². The second-order valence-corrected chi connectivity index (χ2v) is 7.87. The predicted molar refractivity (Wildman–Crippen MR) is 130 cm³/mol. The van der Waals surface area contributed by atoms with E-state index in [1.807, 2.05) is 0 Å². The number of nitrogens with zero attached hydrogens (tertiary/aromatic N) is 4. The maximum atomic E-state index is 13.0. The van der Waals surface area contributed by atoms with Crippen molar-refractivity contribution in [2.75, 3.05) is 13.1 Å². The Labute approximate surface area is 200 Å². The number of aromatic hydroxyl groups is 3. The van der Waals surface area contributed by atoms with E-state index in [-0.39, 0.29) is 22.4 Å². The molecular formula is C23H31N5O7. The molecule has 3 aromatic rings. The van der Waals surface area contributed by atoms with Crippen LogP contribution < -0.4 is 27.8 Å². The Morgan fingerprint density at radius 3 is 1.37 bits per heavy atom. The molecule has 35 heavy (non-hydrogen) atoms. The van der Waals surface area contributed by atoms with Gasteiger partial charge in [0.2, 0.25) is 11.8 Å². The van der Waals surface area contributed by atoms with E-state index in [0.717, 1.165) is 31.4 Å². The third-order valence-electron chi connectivity index (χ3n) is 5.64. The minimum atomic E-state index is -1.35. The second kappa shape index (κ2) is 10.9. The number of rotatable bonds is 5. The summed E-state index contributed by atoms with van der Waals surface area (Å²) in [5.41, 5.74) is -3.79. The van der Waals surface area contributed by atoms with Gasteiger partial charge in [-0.25, -0.2) is 9.59 Å². The predicted octanol–water partition coefficient (Wildman–Crippen LogP) is -0.606. The van der Waals surface area contributed by atoms with E-state index < -0.39 is 40.2 Å². The molecule has 0 saturated carbocycles. The monoisotopic (exact) mass is 489 g/mol. The van der Waals surface area contributed by atoms with Crippen molar-refractivity contribution in [2.24, 2.45) is 28.2 Å². The van der Waals surface area contributed by atoms with E-state index in [2.05, 4.69) is 19.2 Å². The zero-order chi connectivity index (χ0) is 26.6. The normalized spacial score (nSPS) is 10.8. The van der Waals surface area contributed by atoms with Gasteiger partial charge in [0.05, 0.1) is 17.0 Å². The van der Waals surface area contributed by atoms with Crippen molar-refractivity contribution in [2.45, 2.75) is 19.8 Å². The van der Waals surface area contributed by atoms with E-state index in [0.29, 0.717) is 0 Å². The average molecular weight is 490 g/mol. The van der Waals surface area contributed by atoms with Crippen LogP contribution in [-0.2, 0) is 28.2 Å². The van der Waals surface area contributed by atoms with E-state index >= 15 is 0 Å². The highest BCUT2D eigenvalue weighted by Gasteiger charge is 2.33. The fraction of sp³-hybridized carbons (Fsp3) is 0.391. The zero-order valence-electron chi connectivity index (χ0n) is 20.6. The van der Waals surface area contributed by atoms with Crippen LogP contribution in [0.2, 0.25) is 0 Å². The lowest BCUT2D eigenvalue weighted by Gasteiger charge is -2.22. The number of benzene rings is 1. The van der Waals surface area contributed by atoms with Gasteiger partial charge in [0.15, 0.2) is 0 Å². The molecule has 0 atom stereocenters. The van der Waals surface area contributed by atoms with Crippen molar-refractivity contribution in [3.63, 3.8) is 0 Å². The maximum absolute atomic E-state index is 13.0. The fourth-order valence-electron chi connectivity index (χ4n) is 3.62. The maximum Gasteiger partial charge on any atom is 0.333 e. The molecule has 0 bridgehead atoms. The summed E-state index contributed by atoms with van der Waals surface area (Å²) in [5, 5.41) is 34.0. The van der Waals surface area contributed by atoms with Gasteiger partial charge in [-0.2, -0.15) is 0 Å². The Bertz CT molecular complexity index is 1360. The molecule has 190 valence electrons. The summed E-state index contributed by atoms with van der Waals surface area (Å²) in [6.07, 6.45) is 0. The van der Waals surface area contributed by atoms with Gasteiger partial charge < -0.3 is 20.6 Å². The number of hydrogen-bond acceptors (Lipinski definition) is 8. The van der Waals surface area contributed by atoms with Crippen LogP contribution in [0.5, 0.6) is 17.5 Å². The molecule has 0 saturated heterocycles. The summed E-state index contributed by atoms with van der Waals surface area (Å²) in [6.45, 7) is 6.39. The van der Waals surface area contributed by atoms with Gasteiger partial charge in [-0.1, -0.05) is 26.0 Å². The number of hydrogen-bond donors (Lipinski definition) is 4. The Morgan fingerprint density at radius 1 is 0.686 bits per heavy atom. The molecule has 1 aromatic carbocycles. The number of phenols is 1. The molecule has 0 fully saturated rings. The Kier molecular flexibility index (Phi) is 8.47. The molecule has 12 nitrogen and oxygen atoms in total. The molecule has 0 aliphatic heterocycles. The summed E-state index contributed by atoms with van der Waals surface area (Å²) in [7, 11) is 4.90. The summed E-state index contributed by atoms with van der Waals surface area (Å²) in [6, 6.07) is 5.40. The first kappa shape index (κ1) is 27.2. The molecule has 0 unspecified atom stereocenters. The van der Waals surface area contributed by atoms with E-state index in [1.165, 1.54) is 52.5 Å². The van der Waals surface area contributed by atoms with E-state index in [4.69, 9.17) is 0 Å². The van der Waals surface area contributed by atoms with Crippen LogP contribution in [0.15, 0.2) is 43.4 Å². The molecule has 0 amide bonds. The molecule has 0 aliphatic rings. The molecular weight excluding hydrogens is 458 g/mol. The molecule has 4 N–H and O–H groups in total. The first-order valence-corrected chi connectivity index (χ1v) is 10.9. The summed E-state index contributed by atoms with van der Waals surface area (Å²) in [4.78, 5) is 50.2. The van der Waals surface area contributed by atoms with Crippen LogP contribution in [0.1, 0.15) is 36.5 Å². The zero-order valence-corrected chi connectivity index (χ0v) is 20.6. The van der Waals surface area contributed by atoms with Crippen LogP contribution in [0, 0.1) is 0 Å². The van der Waals surface area contributed by atoms with Gasteiger partial charge in [0.25, 0.3) is 11.1 Å². The summed E-state index contributed by atoms with van der Waals surface area (Å²) < 4.78 is 3.17. The Hall–Kier alpha value is -4.06. The lowest BCUT2D eigenvalue weighted by atomic mass is 9.86. The van der Waals surface area contributed by atoms with Crippen molar-refractivity contribution >= 4 is 0 Å². The van der Waals surface area contributed by atoms with Gasteiger partial charge in [-0.05, 0) is 30.8 Å². The summed E-state index contributed by atoms with van der Waals surface area (Å²) >= 11 is 0. The first-order valence-electron chi connectivity index (χ1n) is 10.9. The number of phenolic OH excluding ortho intramolecular Hbond substituents is 1. The minimum Gasteiger partial charge on any atom is -0.508 e. The van der Waals surface area contributed by atoms with E-state index in [1.54, 1.807) is 0 Å². The van der Waals surface area contributed by atoms with Crippen molar-refractivity contribution in [3.05, 3.63) is 82.6 Å². The van der Waals surface area contributed by atoms with Crippen LogP contribution in [-0.4, -0.2) is 46.7 Å². The van der Waals surface area contributed by atoms with Crippen molar-refractivity contribution in [1.29, 1.82) is 0 Å². The third-order valence-corrected chi connectivity index (χ3v) is 5.64. The van der Waals surface area contributed by atoms with Gasteiger partial charge in [-0.3, -0.25) is 27.9 Å². The van der Waals surface area contributed by atoms with Gasteiger partial charge in [0, 0.05) is 28.2 Å². The molecule has 3 rings (SSSR count). The van der Waals surface area contributed by atoms with Gasteiger partial charge in [0.1, 0.15) is 5.75 Å². The molecule has 2 heterocycles. The van der Waals surface area contributed by atoms with Crippen LogP contribution in [0.3, 0.4) is 0 Å². The highest BCUT2D eigenvalue weighted by Crippen LogP contribution is 2.36. The standard InChI is InChI=1S/C19H20N4O7.C4H11N/c1-20-14(25)12(15(26)21(2)18(20)29)11(9-5-7-10(24)8-6-9)13-16(27)22(3)19(30)23(4)17(13)28;1-3-5-4-2/h5-8,11,24-25,27H,1-4H3;5H,3-4H2,1-2H3. The number of nitrogens with one attached hydrogen (secondary N) is 1. The van der Waals surface area contributed by atoms with Crippen molar-refractivity contribution in [1.82, 2.24) is 23.6 Å². The van der Waals surface area contributed by atoms with Crippen LogP contribution in [0.25, 0.3) is 0 Å². The highest BCUT2D eigenvalue weighted by atomic mass is 16.3. The van der Waals surface area contributed by atoms with Crippen LogP contribution >= 0.6 is 0 Å². The second-order valence-electron chi connectivity index (χ2n) is 7.87. The Balaban J connectivity index is 0.000000784. The third kappa shape index (κ3) is 5.06. The molecule has 0 aliphatic carbocycles. The van der Waals surface area contributed by atoms with Crippen LogP contribution in [0.4, 0.5) is 0 Å². The lowest BCUT2D eigenvalue weighted by molar-refractivity contribution is 0.391. The highest BCUT2D eigenvalue weighted by molar-refractivity contribution is 5.49. The fourth-order valence-corrected chi connectivity index (χ4v) is 3.62.